The largest absolute Gasteiger partial charge is 0.376 e. The Morgan fingerprint density at radius 3 is 2.79 bits per heavy atom. The molecule has 19 heavy (non-hydrogen) atoms. The highest BCUT2D eigenvalue weighted by Crippen LogP contribution is 2.40. The van der Waals surface area contributed by atoms with Crippen molar-refractivity contribution < 1.29 is 9.53 Å². The van der Waals surface area contributed by atoms with Crippen molar-refractivity contribution in [2.45, 2.75) is 44.8 Å². The number of hydrogen-bond donors (Lipinski definition) is 2. The van der Waals surface area contributed by atoms with Gasteiger partial charge in [0, 0.05) is 19.6 Å². The van der Waals surface area contributed by atoms with Crippen molar-refractivity contribution in [3.05, 3.63) is 0 Å². The van der Waals surface area contributed by atoms with Gasteiger partial charge in [-0.2, -0.15) is 0 Å². The minimum atomic E-state index is -0.535. The topological polar surface area (TPSA) is 67.6 Å². The van der Waals surface area contributed by atoms with Crippen LogP contribution in [0.3, 0.4) is 0 Å². The van der Waals surface area contributed by atoms with E-state index in [1.165, 1.54) is 0 Å². The molecule has 2 atom stereocenters. The molecule has 1 amide bonds. The molecule has 1 saturated carbocycles. The first-order valence-electron chi connectivity index (χ1n) is 7.47. The van der Waals surface area contributed by atoms with Crippen LogP contribution in [-0.4, -0.2) is 55.2 Å². The van der Waals surface area contributed by atoms with Crippen molar-refractivity contribution in [3.63, 3.8) is 0 Å². The number of ether oxygens (including phenoxy) is 1. The number of morpholine rings is 1. The van der Waals surface area contributed by atoms with E-state index in [4.69, 9.17) is 10.5 Å². The Morgan fingerprint density at radius 2 is 2.26 bits per heavy atom. The summed E-state index contributed by atoms with van der Waals surface area (Å²) in [5, 5.41) is 3.45. The molecule has 1 aliphatic carbocycles. The molecule has 2 fully saturated rings. The molecule has 1 heterocycles. The van der Waals surface area contributed by atoms with E-state index in [9.17, 15) is 4.79 Å². The minimum Gasteiger partial charge on any atom is -0.376 e. The van der Waals surface area contributed by atoms with Gasteiger partial charge in [-0.1, -0.05) is 6.92 Å². The molecule has 0 aromatic carbocycles. The van der Waals surface area contributed by atoms with E-state index >= 15 is 0 Å². The predicted octanol–water partition coefficient (Wildman–Crippen LogP) is 0.341. The number of nitrogens with two attached hydrogens (primary N) is 1. The fraction of sp³-hybridized carbons (Fsp3) is 0.929. The van der Waals surface area contributed by atoms with Crippen molar-refractivity contribution in [1.29, 1.82) is 0 Å². The second-order valence-corrected chi connectivity index (χ2v) is 5.95. The van der Waals surface area contributed by atoms with Crippen LogP contribution in [0.2, 0.25) is 0 Å². The van der Waals surface area contributed by atoms with Crippen LogP contribution in [0.1, 0.15) is 33.1 Å². The van der Waals surface area contributed by atoms with E-state index in [2.05, 4.69) is 24.1 Å². The third-order valence-electron chi connectivity index (χ3n) is 4.20. The lowest BCUT2D eigenvalue weighted by atomic mass is 9.90. The monoisotopic (exact) mass is 269 g/mol. The fourth-order valence-corrected chi connectivity index (χ4v) is 3.01. The zero-order chi connectivity index (χ0) is 13.9. The van der Waals surface area contributed by atoms with E-state index in [-0.39, 0.29) is 12.0 Å². The summed E-state index contributed by atoms with van der Waals surface area (Å²) in [5.41, 5.74) is 5.21. The molecule has 110 valence electrons. The third-order valence-corrected chi connectivity index (χ3v) is 4.20. The van der Waals surface area contributed by atoms with Gasteiger partial charge in [-0.3, -0.25) is 9.69 Å². The fourth-order valence-electron chi connectivity index (χ4n) is 3.01. The Hall–Kier alpha value is -0.650. The maximum absolute atomic E-state index is 12.1. The second-order valence-electron chi connectivity index (χ2n) is 5.95. The quantitative estimate of drug-likeness (QED) is 0.699. The van der Waals surface area contributed by atoms with Crippen LogP contribution in [0, 0.1) is 5.92 Å². The maximum Gasteiger partial charge on any atom is 0.239 e. The smallest absolute Gasteiger partial charge is 0.239 e. The molecular weight excluding hydrogens is 242 g/mol. The molecule has 0 spiro atoms. The molecule has 1 aliphatic heterocycles. The first-order valence-corrected chi connectivity index (χ1v) is 7.47. The summed E-state index contributed by atoms with van der Waals surface area (Å²) < 4.78 is 5.56. The summed E-state index contributed by atoms with van der Waals surface area (Å²) in [6.45, 7) is 8.28. The van der Waals surface area contributed by atoms with E-state index < -0.39 is 5.54 Å². The average molecular weight is 269 g/mol. The Morgan fingerprint density at radius 1 is 1.53 bits per heavy atom. The molecule has 5 nitrogen and oxygen atoms in total. The second kappa shape index (κ2) is 6.20. The van der Waals surface area contributed by atoms with Crippen molar-refractivity contribution in [1.82, 2.24) is 10.2 Å². The first kappa shape index (κ1) is 14.8. The van der Waals surface area contributed by atoms with Gasteiger partial charge in [-0.05, 0) is 38.6 Å². The number of rotatable bonds is 7. The van der Waals surface area contributed by atoms with Crippen LogP contribution in [0.15, 0.2) is 0 Å². The lowest BCUT2D eigenvalue weighted by Crippen LogP contribution is -2.64. The third kappa shape index (κ3) is 3.46. The molecule has 2 aliphatic rings. The van der Waals surface area contributed by atoms with E-state index in [1.807, 2.05) is 0 Å². The van der Waals surface area contributed by atoms with Crippen LogP contribution in [0.25, 0.3) is 0 Å². The van der Waals surface area contributed by atoms with Crippen LogP contribution in [0.4, 0.5) is 0 Å². The SMILES string of the molecule is CCCNC(CN1CCOC(C)C1)(C(N)=O)C1CC1. The standard InChI is InChI=1S/C14H27N3O2/c1-3-6-16-14(13(15)18,12-4-5-12)10-17-7-8-19-11(2)9-17/h11-12,16H,3-10H2,1-2H3,(H2,15,18). The van der Waals surface area contributed by atoms with Gasteiger partial charge in [0.05, 0.1) is 12.7 Å². The molecule has 5 heteroatoms. The van der Waals surface area contributed by atoms with Gasteiger partial charge in [0.15, 0.2) is 0 Å². The van der Waals surface area contributed by atoms with Crippen molar-refractivity contribution in [2.75, 3.05) is 32.8 Å². The summed E-state index contributed by atoms with van der Waals surface area (Å²) in [4.78, 5) is 14.4. The predicted molar refractivity (Wildman–Crippen MR) is 74.8 cm³/mol. The molecule has 0 bridgehead atoms. The Kier molecular flexibility index (Phi) is 4.81. The van der Waals surface area contributed by atoms with Gasteiger partial charge in [0.25, 0.3) is 0 Å². The first-order chi connectivity index (χ1) is 9.08. The Balaban J connectivity index is 2.05. The van der Waals surface area contributed by atoms with Crippen molar-refractivity contribution in [3.8, 4) is 0 Å². The number of amides is 1. The zero-order valence-corrected chi connectivity index (χ0v) is 12.2. The molecule has 1 saturated heterocycles. The van der Waals surface area contributed by atoms with Crippen LogP contribution >= 0.6 is 0 Å². The summed E-state index contributed by atoms with van der Waals surface area (Å²) in [6, 6.07) is 0. The number of primary amides is 1. The van der Waals surface area contributed by atoms with E-state index in [0.717, 1.165) is 52.0 Å². The average Bonchev–Trinajstić information content (AvgIpc) is 3.18. The number of nitrogens with one attached hydrogen (secondary N) is 1. The highest BCUT2D eigenvalue weighted by Gasteiger charge is 2.50. The van der Waals surface area contributed by atoms with Gasteiger partial charge in [-0.25, -0.2) is 0 Å². The summed E-state index contributed by atoms with van der Waals surface area (Å²) in [6.07, 6.45) is 3.48. The maximum atomic E-state index is 12.1. The van der Waals surface area contributed by atoms with Gasteiger partial charge in [-0.15, -0.1) is 0 Å². The summed E-state index contributed by atoms with van der Waals surface area (Å²) in [5.74, 6) is 0.220. The Labute approximate surface area is 115 Å². The lowest BCUT2D eigenvalue weighted by molar-refractivity contribution is -0.127. The molecule has 0 radical (unpaired) electrons. The highest BCUT2D eigenvalue weighted by molar-refractivity contribution is 5.86. The number of carbonyl (C=O) groups excluding carboxylic acids is 1. The highest BCUT2D eigenvalue weighted by atomic mass is 16.5. The minimum absolute atomic E-state index is 0.192. The van der Waals surface area contributed by atoms with E-state index in [0.29, 0.717) is 5.92 Å². The normalized spacial score (nSPS) is 28.0. The van der Waals surface area contributed by atoms with E-state index in [1.54, 1.807) is 0 Å². The van der Waals surface area contributed by atoms with Gasteiger partial charge in [0.1, 0.15) is 5.54 Å². The lowest BCUT2D eigenvalue weighted by Gasteiger charge is -2.40. The Bertz CT molecular complexity index is 320. The number of hydrogen-bond acceptors (Lipinski definition) is 4. The molecule has 3 N–H and O–H groups in total. The van der Waals surface area contributed by atoms with Crippen LogP contribution in [-0.2, 0) is 9.53 Å². The molecule has 0 aromatic rings. The summed E-state index contributed by atoms with van der Waals surface area (Å²) in [7, 11) is 0. The molecule has 0 aromatic heterocycles. The molecule has 2 rings (SSSR count). The molecular formula is C14H27N3O2. The number of nitrogens with zero attached hydrogens (tertiary/aromatic N) is 1. The van der Waals surface area contributed by atoms with Gasteiger partial charge in [0.2, 0.25) is 5.91 Å². The summed E-state index contributed by atoms with van der Waals surface area (Å²) >= 11 is 0. The number of carbonyl (C=O) groups is 1. The van der Waals surface area contributed by atoms with Crippen LogP contribution in [0.5, 0.6) is 0 Å². The van der Waals surface area contributed by atoms with Crippen molar-refractivity contribution in [2.24, 2.45) is 11.7 Å². The van der Waals surface area contributed by atoms with Gasteiger partial charge >= 0.3 is 0 Å². The van der Waals surface area contributed by atoms with Crippen LogP contribution < -0.4 is 11.1 Å². The van der Waals surface area contributed by atoms with Gasteiger partial charge < -0.3 is 15.8 Å². The zero-order valence-electron chi connectivity index (χ0n) is 12.2. The van der Waals surface area contributed by atoms with Crippen molar-refractivity contribution >= 4 is 5.91 Å². The molecule has 2 unspecified atom stereocenters.